The summed E-state index contributed by atoms with van der Waals surface area (Å²) in [6.45, 7) is 3.10. The van der Waals surface area contributed by atoms with Crippen molar-refractivity contribution in [2.24, 2.45) is 11.7 Å². The van der Waals surface area contributed by atoms with Crippen molar-refractivity contribution in [3.8, 4) is 0 Å². The molecule has 0 saturated carbocycles. The molecule has 0 amide bonds. The summed E-state index contributed by atoms with van der Waals surface area (Å²) in [5.41, 5.74) is 7.33. The summed E-state index contributed by atoms with van der Waals surface area (Å²) in [7, 11) is 0. The summed E-state index contributed by atoms with van der Waals surface area (Å²) >= 11 is 0. The van der Waals surface area contributed by atoms with Crippen molar-refractivity contribution >= 4 is 0 Å². The third-order valence-electron chi connectivity index (χ3n) is 3.92. The fourth-order valence-corrected chi connectivity index (χ4v) is 2.64. The quantitative estimate of drug-likeness (QED) is 0.561. The zero-order chi connectivity index (χ0) is 13.8. The molecule has 1 aromatic carbocycles. The van der Waals surface area contributed by atoms with E-state index in [9.17, 15) is 0 Å². The second-order valence-corrected chi connectivity index (χ2v) is 5.70. The van der Waals surface area contributed by atoms with Gasteiger partial charge >= 0.3 is 0 Å². The molecule has 0 radical (unpaired) electrons. The second-order valence-electron chi connectivity index (χ2n) is 5.70. The third-order valence-corrected chi connectivity index (χ3v) is 3.92. The molecule has 1 rings (SSSR count). The normalized spacial score (nSPS) is 12.5. The molecular formula is C18H31N. The lowest BCUT2D eigenvalue weighted by Crippen LogP contribution is -2.16. The first-order chi connectivity index (χ1) is 9.36. The Hall–Kier alpha value is -0.820. The second kappa shape index (κ2) is 11.0. The molecule has 0 aliphatic rings. The topological polar surface area (TPSA) is 26.0 Å². The Kier molecular flexibility index (Phi) is 9.44. The highest BCUT2D eigenvalue weighted by Gasteiger charge is 2.07. The van der Waals surface area contributed by atoms with Crippen LogP contribution in [0.2, 0.25) is 0 Å². The van der Waals surface area contributed by atoms with E-state index in [4.69, 9.17) is 5.73 Å². The van der Waals surface area contributed by atoms with Gasteiger partial charge < -0.3 is 5.73 Å². The smallest absolute Gasteiger partial charge is 0.00457 e. The number of rotatable bonds is 11. The van der Waals surface area contributed by atoms with E-state index in [1.165, 1.54) is 56.9 Å². The Balaban J connectivity index is 2.09. The zero-order valence-electron chi connectivity index (χ0n) is 12.6. The van der Waals surface area contributed by atoms with Gasteiger partial charge in [-0.05, 0) is 30.9 Å². The van der Waals surface area contributed by atoms with Gasteiger partial charge in [-0.15, -0.1) is 0 Å². The van der Waals surface area contributed by atoms with Crippen LogP contribution >= 0.6 is 0 Å². The fraction of sp³-hybridized carbons (Fsp3) is 0.667. The van der Waals surface area contributed by atoms with Crippen molar-refractivity contribution < 1.29 is 0 Å². The number of hydrogen-bond acceptors (Lipinski definition) is 1. The van der Waals surface area contributed by atoms with Crippen LogP contribution in [0.5, 0.6) is 0 Å². The first kappa shape index (κ1) is 16.2. The van der Waals surface area contributed by atoms with E-state index in [1.54, 1.807) is 0 Å². The largest absolute Gasteiger partial charge is 0.330 e. The molecule has 108 valence electrons. The van der Waals surface area contributed by atoms with Gasteiger partial charge in [0.2, 0.25) is 0 Å². The van der Waals surface area contributed by atoms with Crippen molar-refractivity contribution in [3.63, 3.8) is 0 Å². The average molecular weight is 261 g/mol. The molecular weight excluding hydrogens is 230 g/mol. The molecule has 0 aliphatic heterocycles. The molecule has 0 bridgehead atoms. The Morgan fingerprint density at radius 1 is 0.895 bits per heavy atom. The lowest BCUT2D eigenvalue weighted by atomic mass is 9.93. The summed E-state index contributed by atoms with van der Waals surface area (Å²) in [5, 5.41) is 0. The molecule has 19 heavy (non-hydrogen) atoms. The molecule has 1 aromatic rings. The maximum atomic E-state index is 5.90. The van der Waals surface area contributed by atoms with Crippen LogP contribution in [0.25, 0.3) is 0 Å². The number of hydrogen-bond donors (Lipinski definition) is 1. The Morgan fingerprint density at radius 2 is 1.53 bits per heavy atom. The monoisotopic (exact) mass is 261 g/mol. The van der Waals surface area contributed by atoms with E-state index in [0.29, 0.717) is 5.92 Å². The van der Waals surface area contributed by atoms with E-state index < -0.39 is 0 Å². The molecule has 2 N–H and O–H groups in total. The van der Waals surface area contributed by atoms with Crippen molar-refractivity contribution in [1.29, 1.82) is 0 Å². The SMILES string of the molecule is CCCCCCCCCC(CN)Cc1ccccc1. The summed E-state index contributed by atoms with van der Waals surface area (Å²) in [6.07, 6.45) is 12.2. The third kappa shape index (κ3) is 8.05. The van der Waals surface area contributed by atoms with Crippen molar-refractivity contribution in [2.45, 2.75) is 64.7 Å². The molecule has 0 fully saturated rings. The van der Waals surface area contributed by atoms with Crippen LogP contribution in [0.1, 0.15) is 63.9 Å². The molecule has 1 heteroatoms. The van der Waals surface area contributed by atoms with E-state index >= 15 is 0 Å². The number of nitrogens with two attached hydrogens (primary N) is 1. The Labute approximate surface area is 119 Å². The van der Waals surface area contributed by atoms with Gasteiger partial charge in [0.05, 0.1) is 0 Å². The minimum atomic E-state index is 0.665. The van der Waals surface area contributed by atoms with Crippen LogP contribution in [0.15, 0.2) is 30.3 Å². The van der Waals surface area contributed by atoms with Gasteiger partial charge in [-0.3, -0.25) is 0 Å². The number of unbranched alkanes of at least 4 members (excludes halogenated alkanes) is 6. The highest BCUT2D eigenvalue weighted by molar-refractivity contribution is 5.15. The highest BCUT2D eigenvalue weighted by Crippen LogP contribution is 2.16. The fourth-order valence-electron chi connectivity index (χ4n) is 2.64. The summed E-state index contributed by atoms with van der Waals surface area (Å²) < 4.78 is 0. The minimum absolute atomic E-state index is 0.665. The molecule has 0 aromatic heterocycles. The van der Waals surface area contributed by atoms with Crippen LogP contribution < -0.4 is 5.73 Å². The predicted molar refractivity (Wildman–Crippen MR) is 85.3 cm³/mol. The Bertz CT molecular complexity index is 294. The van der Waals surface area contributed by atoms with E-state index in [2.05, 4.69) is 37.3 Å². The minimum Gasteiger partial charge on any atom is -0.330 e. The van der Waals surface area contributed by atoms with Gasteiger partial charge in [-0.25, -0.2) is 0 Å². The van der Waals surface area contributed by atoms with E-state index in [0.717, 1.165) is 13.0 Å². The van der Waals surface area contributed by atoms with Crippen molar-refractivity contribution in [3.05, 3.63) is 35.9 Å². The van der Waals surface area contributed by atoms with Crippen molar-refractivity contribution in [2.75, 3.05) is 6.54 Å². The highest BCUT2D eigenvalue weighted by atomic mass is 14.5. The van der Waals surface area contributed by atoms with Gasteiger partial charge in [0.15, 0.2) is 0 Å². The first-order valence-electron chi connectivity index (χ1n) is 8.10. The summed E-state index contributed by atoms with van der Waals surface area (Å²) in [5.74, 6) is 0.665. The number of benzene rings is 1. The van der Waals surface area contributed by atoms with Crippen LogP contribution in [0.3, 0.4) is 0 Å². The molecule has 1 unspecified atom stereocenters. The molecule has 1 atom stereocenters. The average Bonchev–Trinajstić information content (AvgIpc) is 2.46. The Morgan fingerprint density at radius 3 is 2.16 bits per heavy atom. The van der Waals surface area contributed by atoms with Gasteiger partial charge in [-0.1, -0.05) is 82.2 Å². The van der Waals surface area contributed by atoms with Crippen LogP contribution in [0, 0.1) is 5.92 Å². The molecule has 0 aliphatic carbocycles. The van der Waals surface area contributed by atoms with Gasteiger partial charge in [0.25, 0.3) is 0 Å². The van der Waals surface area contributed by atoms with Gasteiger partial charge in [0.1, 0.15) is 0 Å². The molecule has 1 nitrogen and oxygen atoms in total. The summed E-state index contributed by atoms with van der Waals surface area (Å²) in [6, 6.07) is 10.8. The lowest BCUT2D eigenvalue weighted by molar-refractivity contribution is 0.455. The van der Waals surface area contributed by atoms with E-state index in [1.807, 2.05) is 0 Å². The van der Waals surface area contributed by atoms with Crippen LogP contribution in [-0.4, -0.2) is 6.54 Å². The summed E-state index contributed by atoms with van der Waals surface area (Å²) in [4.78, 5) is 0. The van der Waals surface area contributed by atoms with Crippen LogP contribution in [-0.2, 0) is 6.42 Å². The lowest BCUT2D eigenvalue weighted by Gasteiger charge is -2.14. The van der Waals surface area contributed by atoms with Gasteiger partial charge in [0, 0.05) is 0 Å². The predicted octanol–water partition coefficient (Wildman–Crippen LogP) is 4.94. The standard InChI is InChI=1S/C18H31N/c1-2-3-4-5-6-7-9-14-18(16-19)15-17-12-10-8-11-13-17/h8,10-13,18H,2-7,9,14-16,19H2,1H3. The maximum Gasteiger partial charge on any atom is -0.00457 e. The first-order valence-corrected chi connectivity index (χ1v) is 8.10. The van der Waals surface area contributed by atoms with Gasteiger partial charge in [-0.2, -0.15) is 0 Å². The zero-order valence-corrected chi connectivity index (χ0v) is 12.6. The molecule has 0 spiro atoms. The maximum absolute atomic E-state index is 5.90. The van der Waals surface area contributed by atoms with E-state index in [-0.39, 0.29) is 0 Å². The molecule has 0 saturated heterocycles. The van der Waals surface area contributed by atoms with Crippen LogP contribution in [0.4, 0.5) is 0 Å². The van der Waals surface area contributed by atoms with Crippen molar-refractivity contribution in [1.82, 2.24) is 0 Å². The molecule has 0 heterocycles.